The number of halogens is 1. The number of rotatable bonds is 4. The highest BCUT2D eigenvalue weighted by Gasteiger charge is 2.32. The van der Waals surface area contributed by atoms with Crippen LogP contribution in [0.25, 0.3) is 11.0 Å². The third-order valence-corrected chi connectivity index (χ3v) is 4.35. The van der Waals surface area contributed by atoms with Gasteiger partial charge in [0.25, 0.3) is 5.91 Å². The molecule has 1 heterocycles. The molecule has 2 amide bonds. The van der Waals surface area contributed by atoms with E-state index in [1.54, 1.807) is 30.3 Å². The first-order valence-corrected chi connectivity index (χ1v) is 8.39. The van der Waals surface area contributed by atoms with Crippen molar-refractivity contribution in [2.75, 3.05) is 10.6 Å². The molecule has 5 nitrogen and oxygen atoms in total. The maximum absolute atomic E-state index is 12.7. The average Bonchev–Trinajstić information content (AvgIpc) is 3.40. The van der Waals surface area contributed by atoms with E-state index in [4.69, 9.17) is 16.0 Å². The summed E-state index contributed by atoms with van der Waals surface area (Å²) in [5.41, 5.74) is 1.56. The lowest BCUT2D eigenvalue weighted by Gasteiger charge is -2.07. The molecule has 6 heteroatoms. The standard InChI is InChI=1S/C19H15ClN2O3/c20-12-7-9-13(10-8-12)21-19(24)17-16(22-18(23)11-5-6-11)14-3-1-2-4-15(14)25-17/h1-4,7-11H,5-6H2,(H,21,24)(H,22,23). The summed E-state index contributed by atoms with van der Waals surface area (Å²) in [6, 6.07) is 14.0. The van der Waals surface area contributed by atoms with Crippen molar-refractivity contribution in [3.63, 3.8) is 0 Å². The van der Waals surface area contributed by atoms with Gasteiger partial charge >= 0.3 is 0 Å². The van der Waals surface area contributed by atoms with Crippen LogP contribution in [-0.2, 0) is 4.79 Å². The van der Waals surface area contributed by atoms with Crippen LogP contribution in [-0.4, -0.2) is 11.8 Å². The summed E-state index contributed by atoms with van der Waals surface area (Å²) < 4.78 is 5.71. The van der Waals surface area contributed by atoms with Gasteiger partial charge in [0.2, 0.25) is 11.7 Å². The van der Waals surface area contributed by atoms with Crippen molar-refractivity contribution >= 4 is 45.8 Å². The maximum atomic E-state index is 12.7. The second kappa shape index (κ2) is 6.26. The highest BCUT2D eigenvalue weighted by atomic mass is 35.5. The monoisotopic (exact) mass is 354 g/mol. The van der Waals surface area contributed by atoms with Crippen LogP contribution in [0.3, 0.4) is 0 Å². The van der Waals surface area contributed by atoms with E-state index >= 15 is 0 Å². The molecule has 1 aliphatic rings. The molecule has 0 bridgehead atoms. The minimum Gasteiger partial charge on any atom is -0.449 e. The molecule has 4 rings (SSSR count). The Morgan fingerprint density at radius 2 is 1.72 bits per heavy atom. The van der Waals surface area contributed by atoms with Gasteiger partial charge in [-0.1, -0.05) is 23.7 Å². The van der Waals surface area contributed by atoms with Crippen LogP contribution >= 0.6 is 11.6 Å². The number of hydrogen-bond acceptors (Lipinski definition) is 3. The zero-order chi connectivity index (χ0) is 17.4. The molecule has 1 aromatic heterocycles. The molecule has 0 saturated heterocycles. The molecule has 25 heavy (non-hydrogen) atoms. The van der Waals surface area contributed by atoms with Crippen molar-refractivity contribution < 1.29 is 14.0 Å². The van der Waals surface area contributed by atoms with E-state index in [2.05, 4.69) is 10.6 Å². The maximum Gasteiger partial charge on any atom is 0.293 e. The van der Waals surface area contributed by atoms with Crippen LogP contribution in [0, 0.1) is 5.92 Å². The van der Waals surface area contributed by atoms with Crippen LogP contribution in [0.2, 0.25) is 5.02 Å². The molecule has 1 saturated carbocycles. The van der Waals surface area contributed by atoms with Gasteiger partial charge in [-0.2, -0.15) is 0 Å². The SMILES string of the molecule is O=C(Nc1ccc(Cl)cc1)c1oc2ccccc2c1NC(=O)C1CC1. The van der Waals surface area contributed by atoms with Gasteiger partial charge in [-0.3, -0.25) is 9.59 Å². The molecule has 2 N–H and O–H groups in total. The first-order chi connectivity index (χ1) is 12.1. The van der Waals surface area contributed by atoms with E-state index in [1.165, 1.54) is 0 Å². The fraction of sp³-hybridized carbons (Fsp3) is 0.158. The van der Waals surface area contributed by atoms with Crippen LogP contribution < -0.4 is 10.6 Å². The first kappa shape index (κ1) is 15.7. The van der Waals surface area contributed by atoms with E-state index in [0.717, 1.165) is 12.8 Å². The molecule has 0 unspecified atom stereocenters. The Morgan fingerprint density at radius 3 is 2.44 bits per heavy atom. The van der Waals surface area contributed by atoms with Crippen molar-refractivity contribution in [3.8, 4) is 0 Å². The Morgan fingerprint density at radius 1 is 1.00 bits per heavy atom. The van der Waals surface area contributed by atoms with E-state index < -0.39 is 5.91 Å². The van der Waals surface area contributed by atoms with Crippen molar-refractivity contribution in [1.29, 1.82) is 0 Å². The summed E-state index contributed by atoms with van der Waals surface area (Å²) in [6.07, 6.45) is 1.77. The van der Waals surface area contributed by atoms with Crippen LogP contribution in [0.4, 0.5) is 11.4 Å². The molecular weight excluding hydrogens is 340 g/mol. The summed E-state index contributed by atoms with van der Waals surface area (Å²) in [5.74, 6) is -0.386. The number of anilines is 2. The summed E-state index contributed by atoms with van der Waals surface area (Å²) in [6.45, 7) is 0. The zero-order valence-corrected chi connectivity index (χ0v) is 14.0. The van der Waals surface area contributed by atoms with Gasteiger partial charge in [-0.25, -0.2) is 0 Å². The molecule has 2 aromatic carbocycles. The fourth-order valence-electron chi connectivity index (χ4n) is 2.62. The van der Waals surface area contributed by atoms with Gasteiger partial charge in [0, 0.05) is 22.0 Å². The minimum absolute atomic E-state index is 0.0286. The Kier molecular flexibility index (Phi) is 3.93. The van der Waals surface area contributed by atoms with Crippen LogP contribution in [0.15, 0.2) is 52.9 Å². The van der Waals surface area contributed by atoms with E-state index in [0.29, 0.717) is 27.4 Å². The summed E-state index contributed by atoms with van der Waals surface area (Å²) in [4.78, 5) is 24.9. The molecule has 0 radical (unpaired) electrons. The largest absolute Gasteiger partial charge is 0.449 e. The van der Waals surface area contributed by atoms with Crippen LogP contribution in [0.5, 0.6) is 0 Å². The molecular formula is C19H15ClN2O3. The molecule has 1 aliphatic carbocycles. The number of nitrogens with one attached hydrogen (secondary N) is 2. The fourth-order valence-corrected chi connectivity index (χ4v) is 2.75. The number of benzene rings is 2. The highest BCUT2D eigenvalue weighted by molar-refractivity contribution is 6.30. The predicted molar refractivity (Wildman–Crippen MR) is 97.0 cm³/mol. The highest BCUT2D eigenvalue weighted by Crippen LogP contribution is 2.35. The number of para-hydroxylation sites is 1. The zero-order valence-electron chi connectivity index (χ0n) is 13.2. The Labute approximate surface area is 149 Å². The average molecular weight is 355 g/mol. The third kappa shape index (κ3) is 3.23. The number of hydrogen-bond donors (Lipinski definition) is 2. The van der Waals surface area contributed by atoms with Crippen molar-refractivity contribution in [2.45, 2.75) is 12.8 Å². The Bertz CT molecular complexity index is 958. The number of furan rings is 1. The molecule has 1 fully saturated rings. The normalized spacial score (nSPS) is 13.6. The molecule has 126 valence electrons. The number of fused-ring (bicyclic) bond motifs is 1. The Hall–Kier alpha value is -2.79. The molecule has 0 atom stereocenters. The topological polar surface area (TPSA) is 71.3 Å². The lowest BCUT2D eigenvalue weighted by Crippen LogP contribution is -2.18. The second-order valence-corrected chi connectivity index (χ2v) is 6.46. The van der Waals surface area contributed by atoms with Crippen molar-refractivity contribution in [2.24, 2.45) is 5.92 Å². The Balaban J connectivity index is 1.68. The number of carbonyl (C=O) groups is 2. The van der Waals surface area contributed by atoms with Gasteiger partial charge in [0.05, 0.1) is 0 Å². The van der Waals surface area contributed by atoms with E-state index in [1.807, 2.05) is 18.2 Å². The molecule has 0 aliphatic heterocycles. The summed E-state index contributed by atoms with van der Waals surface area (Å²) in [7, 11) is 0. The quantitative estimate of drug-likeness (QED) is 0.714. The third-order valence-electron chi connectivity index (χ3n) is 4.10. The minimum atomic E-state index is -0.426. The van der Waals surface area contributed by atoms with Gasteiger partial charge in [-0.15, -0.1) is 0 Å². The number of amides is 2. The lowest BCUT2D eigenvalue weighted by atomic mass is 10.2. The van der Waals surface area contributed by atoms with E-state index in [9.17, 15) is 9.59 Å². The predicted octanol–water partition coefficient (Wildman–Crippen LogP) is 4.69. The van der Waals surface area contributed by atoms with Crippen LogP contribution in [0.1, 0.15) is 23.4 Å². The summed E-state index contributed by atoms with van der Waals surface area (Å²) in [5, 5.41) is 6.91. The first-order valence-electron chi connectivity index (χ1n) is 8.01. The molecule has 0 spiro atoms. The smallest absolute Gasteiger partial charge is 0.293 e. The van der Waals surface area contributed by atoms with E-state index in [-0.39, 0.29) is 17.6 Å². The lowest BCUT2D eigenvalue weighted by molar-refractivity contribution is -0.117. The number of carbonyl (C=O) groups excluding carboxylic acids is 2. The van der Waals surface area contributed by atoms with Crippen molar-refractivity contribution in [3.05, 3.63) is 59.3 Å². The van der Waals surface area contributed by atoms with Gasteiger partial charge in [0.1, 0.15) is 11.3 Å². The van der Waals surface area contributed by atoms with Crippen molar-refractivity contribution in [1.82, 2.24) is 0 Å². The van der Waals surface area contributed by atoms with Gasteiger partial charge in [0.15, 0.2) is 0 Å². The molecule has 3 aromatic rings. The van der Waals surface area contributed by atoms with Gasteiger partial charge in [-0.05, 0) is 49.2 Å². The second-order valence-electron chi connectivity index (χ2n) is 6.03. The summed E-state index contributed by atoms with van der Waals surface area (Å²) >= 11 is 5.86. The van der Waals surface area contributed by atoms with Gasteiger partial charge < -0.3 is 15.1 Å².